The molecule has 19 heavy (non-hydrogen) atoms. The lowest BCUT2D eigenvalue weighted by Crippen LogP contribution is -2.17. The van der Waals surface area contributed by atoms with Crippen LogP contribution in [-0.2, 0) is 0 Å². The quantitative estimate of drug-likeness (QED) is 0.882. The van der Waals surface area contributed by atoms with Gasteiger partial charge in [-0.25, -0.2) is 9.97 Å². The van der Waals surface area contributed by atoms with Crippen LogP contribution < -0.4 is 10.6 Å². The van der Waals surface area contributed by atoms with E-state index >= 15 is 0 Å². The Balaban J connectivity index is 2.11. The second-order valence-electron chi connectivity index (χ2n) is 4.38. The van der Waals surface area contributed by atoms with Gasteiger partial charge >= 0.3 is 0 Å². The summed E-state index contributed by atoms with van der Waals surface area (Å²) in [7, 11) is 0. The third-order valence-corrected chi connectivity index (χ3v) is 2.34. The Kier molecular flexibility index (Phi) is 4.07. The number of benzene rings is 1. The predicted molar refractivity (Wildman–Crippen MR) is 75.2 cm³/mol. The smallest absolute Gasteiger partial charge is 0.274 e. The van der Waals surface area contributed by atoms with Gasteiger partial charge in [0.05, 0.1) is 0 Å². The van der Waals surface area contributed by atoms with E-state index in [-0.39, 0.29) is 11.9 Å². The molecule has 0 unspecified atom stereocenters. The molecule has 2 aromatic rings. The van der Waals surface area contributed by atoms with E-state index in [2.05, 4.69) is 20.6 Å². The number of carbonyl (C=O) groups excluding carboxylic acids is 1. The number of rotatable bonds is 4. The van der Waals surface area contributed by atoms with Gasteiger partial charge in [0.2, 0.25) is 5.95 Å². The fourth-order valence-corrected chi connectivity index (χ4v) is 1.53. The Hall–Kier alpha value is -2.43. The number of amides is 1. The maximum atomic E-state index is 12.0. The summed E-state index contributed by atoms with van der Waals surface area (Å²) in [6.07, 6.45) is 1.57. The normalized spacial score (nSPS) is 10.3. The first-order chi connectivity index (χ1) is 9.15. The molecule has 1 heterocycles. The Morgan fingerprint density at radius 3 is 2.58 bits per heavy atom. The zero-order valence-electron chi connectivity index (χ0n) is 10.9. The standard InChI is InChI=1S/C14H16N4O/c1-10(2)16-14-15-9-8-12(18-14)13(19)17-11-6-4-3-5-7-11/h3-10H,1-2H3,(H,17,19)(H,15,16,18). The summed E-state index contributed by atoms with van der Waals surface area (Å²) in [6.45, 7) is 3.97. The number of aromatic nitrogens is 2. The highest BCUT2D eigenvalue weighted by molar-refractivity contribution is 6.02. The number of para-hydroxylation sites is 1. The van der Waals surface area contributed by atoms with E-state index < -0.39 is 0 Å². The molecule has 0 atom stereocenters. The van der Waals surface area contributed by atoms with Crippen LogP contribution in [0.3, 0.4) is 0 Å². The van der Waals surface area contributed by atoms with Crippen LogP contribution in [-0.4, -0.2) is 21.9 Å². The van der Waals surface area contributed by atoms with Crippen molar-refractivity contribution in [1.82, 2.24) is 9.97 Å². The van der Waals surface area contributed by atoms with Gasteiger partial charge < -0.3 is 10.6 Å². The van der Waals surface area contributed by atoms with Crippen LogP contribution in [0, 0.1) is 0 Å². The van der Waals surface area contributed by atoms with Crippen molar-refractivity contribution in [2.24, 2.45) is 0 Å². The van der Waals surface area contributed by atoms with E-state index in [1.54, 1.807) is 12.3 Å². The zero-order chi connectivity index (χ0) is 13.7. The molecule has 0 aliphatic carbocycles. The summed E-state index contributed by atoms with van der Waals surface area (Å²) < 4.78 is 0. The lowest BCUT2D eigenvalue weighted by atomic mass is 10.3. The molecule has 1 aromatic heterocycles. The maximum Gasteiger partial charge on any atom is 0.274 e. The van der Waals surface area contributed by atoms with E-state index in [4.69, 9.17) is 0 Å². The minimum atomic E-state index is -0.250. The van der Waals surface area contributed by atoms with Crippen molar-refractivity contribution in [3.63, 3.8) is 0 Å². The van der Waals surface area contributed by atoms with E-state index in [1.165, 1.54) is 0 Å². The average molecular weight is 256 g/mol. The molecular formula is C14H16N4O. The third kappa shape index (κ3) is 3.77. The van der Waals surface area contributed by atoms with Crippen molar-refractivity contribution >= 4 is 17.5 Å². The van der Waals surface area contributed by atoms with Crippen molar-refractivity contribution < 1.29 is 4.79 Å². The van der Waals surface area contributed by atoms with Crippen molar-refractivity contribution in [2.45, 2.75) is 19.9 Å². The Morgan fingerprint density at radius 1 is 1.16 bits per heavy atom. The van der Waals surface area contributed by atoms with Gasteiger partial charge in [-0.2, -0.15) is 0 Å². The third-order valence-electron chi connectivity index (χ3n) is 2.34. The van der Waals surface area contributed by atoms with Gasteiger partial charge in [0, 0.05) is 17.9 Å². The maximum absolute atomic E-state index is 12.0. The second kappa shape index (κ2) is 5.95. The van der Waals surface area contributed by atoms with Crippen LogP contribution in [0.2, 0.25) is 0 Å². The fourth-order valence-electron chi connectivity index (χ4n) is 1.53. The molecule has 1 aromatic carbocycles. The minimum Gasteiger partial charge on any atom is -0.352 e. The molecule has 0 fully saturated rings. The average Bonchev–Trinajstić information content (AvgIpc) is 2.39. The van der Waals surface area contributed by atoms with Crippen molar-refractivity contribution in [2.75, 3.05) is 10.6 Å². The van der Waals surface area contributed by atoms with Gasteiger partial charge in [0.25, 0.3) is 5.91 Å². The van der Waals surface area contributed by atoms with Crippen LogP contribution >= 0.6 is 0 Å². The van der Waals surface area contributed by atoms with E-state index in [0.717, 1.165) is 5.69 Å². The molecule has 0 aliphatic heterocycles. The highest BCUT2D eigenvalue weighted by atomic mass is 16.1. The summed E-state index contributed by atoms with van der Waals surface area (Å²) in [5, 5.41) is 5.84. The van der Waals surface area contributed by atoms with Gasteiger partial charge in [-0.1, -0.05) is 18.2 Å². The largest absolute Gasteiger partial charge is 0.352 e. The second-order valence-corrected chi connectivity index (χ2v) is 4.38. The van der Waals surface area contributed by atoms with Crippen molar-refractivity contribution in [3.8, 4) is 0 Å². The number of anilines is 2. The molecule has 5 nitrogen and oxygen atoms in total. The van der Waals surface area contributed by atoms with Gasteiger partial charge in [0.1, 0.15) is 5.69 Å². The molecule has 0 saturated carbocycles. The van der Waals surface area contributed by atoms with Crippen molar-refractivity contribution in [1.29, 1.82) is 0 Å². The van der Waals surface area contributed by atoms with Gasteiger partial charge in [-0.05, 0) is 32.0 Å². The molecule has 2 N–H and O–H groups in total. The SMILES string of the molecule is CC(C)Nc1nccc(C(=O)Nc2ccccc2)n1. The first kappa shape index (κ1) is 13.0. The molecule has 0 spiro atoms. The summed E-state index contributed by atoms with van der Waals surface area (Å²) >= 11 is 0. The van der Waals surface area contributed by atoms with Crippen LogP contribution in [0.5, 0.6) is 0 Å². The highest BCUT2D eigenvalue weighted by Crippen LogP contribution is 2.08. The molecule has 0 saturated heterocycles. The lowest BCUT2D eigenvalue weighted by Gasteiger charge is -2.09. The molecule has 0 aliphatic rings. The number of nitrogens with one attached hydrogen (secondary N) is 2. The summed E-state index contributed by atoms with van der Waals surface area (Å²) in [5.41, 5.74) is 1.08. The lowest BCUT2D eigenvalue weighted by molar-refractivity contribution is 0.102. The van der Waals surface area contributed by atoms with Crippen LogP contribution in [0.4, 0.5) is 11.6 Å². The van der Waals surface area contributed by atoms with Crippen LogP contribution in [0.15, 0.2) is 42.6 Å². The monoisotopic (exact) mass is 256 g/mol. The fraction of sp³-hybridized carbons (Fsp3) is 0.214. The molecule has 1 amide bonds. The Bertz CT molecular complexity index is 554. The minimum absolute atomic E-state index is 0.215. The van der Waals surface area contributed by atoms with Crippen LogP contribution in [0.1, 0.15) is 24.3 Å². The molecule has 0 radical (unpaired) electrons. The molecule has 0 bridgehead atoms. The summed E-state index contributed by atoms with van der Waals surface area (Å²) in [5.74, 6) is 0.205. The molecule has 2 rings (SSSR count). The topological polar surface area (TPSA) is 66.9 Å². The number of carbonyl (C=O) groups is 1. The first-order valence-electron chi connectivity index (χ1n) is 6.11. The van der Waals surface area contributed by atoms with Gasteiger partial charge in [-0.3, -0.25) is 4.79 Å². The zero-order valence-corrected chi connectivity index (χ0v) is 10.9. The highest BCUT2D eigenvalue weighted by Gasteiger charge is 2.09. The Labute approximate surface area is 112 Å². The first-order valence-corrected chi connectivity index (χ1v) is 6.11. The number of hydrogen-bond acceptors (Lipinski definition) is 4. The van der Waals surface area contributed by atoms with Gasteiger partial charge in [-0.15, -0.1) is 0 Å². The summed E-state index contributed by atoms with van der Waals surface area (Å²) in [4.78, 5) is 20.3. The van der Waals surface area contributed by atoms with Crippen LogP contribution in [0.25, 0.3) is 0 Å². The number of hydrogen-bond donors (Lipinski definition) is 2. The number of nitrogens with zero attached hydrogens (tertiary/aromatic N) is 2. The summed E-state index contributed by atoms with van der Waals surface area (Å²) in [6, 6.07) is 11.1. The van der Waals surface area contributed by atoms with Gasteiger partial charge in [0.15, 0.2) is 0 Å². The molecular weight excluding hydrogens is 240 g/mol. The molecule has 5 heteroatoms. The van der Waals surface area contributed by atoms with Crippen molar-refractivity contribution in [3.05, 3.63) is 48.3 Å². The van der Waals surface area contributed by atoms with E-state index in [0.29, 0.717) is 11.6 Å². The Morgan fingerprint density at radius 2 is 1.89 bits per heavy atom. The van der Waals surface area contributed by atoms with E-state index in [1.807, 2.05) is 44.2 Å². The molecule has 98 valence electrons. The van der Waals surface area contributed by atoms with E-state index in [9.17, 15) is 4.79 Å². The predicted octanol–water partition coefficient (Wildman–Crippen LogP) is 2.55.